The van der Waals surface area contributed by atoms with Gasteiger partial charge in [0, 0.05) is 19.5 Å². The van der Waals surface area contributed by atoms with Crippen molar-refractivity contribution < 1.29 is 29.0 Å². The lowest BCUT2D eigenvalue weighted by Gasteiger charge is -2.34. The van der Waals surface area contributed by atoms with Gasteiger partial charge in [-0.25, -0.2) is 0 Å². The number of nitrogens with zero attached hydrogens (tertiary/aromatic N) is 1. The highest BCUT2D eigenvalue weighted by atomic mass is 16.5. The van der Waals surface area contributed by atoms with Gasteiger partial charge in [0.15, 0.2) is 0 Å². The molecule has 1 aliphatic rings. The van der Waals surface area contributed by atoms with Crippen LogP contribution in [0.2, 0.25) is 0 Å². The van der Waals surface area contributed by atoms with Crippen molar-refractivity contribution in [1.29, 1.82) is 0 Å². The van der Waals surface area contributed by atoms with Crippen molar-refractivity contribution in [1.82, 2.24) is 4.90 Å². The molecule has 0 bridgehead atoms. The van der Waals surface area contributed by atoms with Crippen molar-refractivity contribution in [2.75, 3.05) is 26.8 Å². The number of ether oxygens (including phenoxy) is 2. The maximum absolute atomic E-state index is 12.3. The van der Waals surface area contributed by atoms with E-state index in [0.717, 1.165) is 0 Å². The molecule has 0 aromatic rings. The fourth-order valence-electron chi connectivity index (χ4n) is 2.33. The average Bonchev–Trinajstić information content (AvgIpc) is 2.36. The molecule has 1 atom stereocenters. The van der Waals surface area contributed by atoms with Crippen LogP contribution in [0.4, 0.5) is 0 Å². The highest BCUT2D eigenvalue weighted by Crippen LogP contribution is 2.26. The summed E-state index contributed by atoms with van der Waals surface area (Å²) in [7, 11) is 1.31. The minimum Gasteiger partial charge on any atom is -0.481 e. The van der Waals surface area contributed by atoms with Gasteiger partial charge in [-0.1, -0.05) is 13.8 Å². The van der Waals surface area contributed by atoms with Gasteiger partial charge >= 0.3 is 11.9 Å². The predicted octanol–water partition coefficient (Wildman–Crippen LogP) is 0.668. The Morgan fingerprint density at radius 1 is 1.33 bits per heavy atom. The Kier molecular flexibility index (Phi) is 6.14. The van der Waals surface area contributed by atoms with Crippen LogP contribution < -0.4 is 0 Å². The van der Waals surface area contributed by atoms with Gasteiger partial charge in [-0.05, 0) is 5.41 Å². The smallest absolute Gasteiger partial charge is 0.308 e. The van der Waals surface area contributed by atoms with E-state index in [9.17, 15) is 14.4 Å². The molecule has 0 radical (unpaired) electrons. The van der Waals surface area contributed by atoms with Crippen molar-refractivity contribution in [3.63, 3.8) is 0 Å². The number of carboxylic acid groups (broad SMARTS) is 1. The molecule has 0 saturated carbocycles. The number of hydrogen-bond donors (Lipinski definition) is 1. The highest BCUT2D eigenvalue weighted by Gasteiger charge is 2.31. The minimum absolute atomic E-state index is 0.0608. The molecule has 7 nitrogen and oxygen atoms in total. The van der Waals surface area contributed by atoms with Crippen LogP contribution in [0.15, 0.2) is 0 Å². The molecule has 7 heteroatoms. The molecule has 1 fully saturated rings. The second-order valence-corrected chi connectivity index (χ2v) is 6.02. The summed E-state index contributed by atoms with van der Waals surface area (Å²) in [6.07, 6.45) is -0.157. The zero-order chi connectivity index (χ0) is 16.0. The normalized spacial score (nSPS) is 19.2. The Bertz CT molecular complexity index is 406. The first-order valence-corrected chi connectivity index (χ1v) is 6.91. The third kappa shape index (κ3) is 6.12. The Labute approximate surface area is 124 Å². The van der Waals surface area contributed by atoms with Gasteiger partial charge in [0.1, 0.15) is 0 Å². The quantitative estimate of drug-likeness (QED) is 0.725. The van der Waals surface area contributed by atoms with Crippen LogP contribution in [0.3, 0.4) is 0 Å². The molecule has 0 aliphatic carbocycles. The molecule has 1 saturated heterocycles. The summed E-state index contributed by atoms with van der Waals surface area (Å²) >= 11 is 0. The summed E-state index contributed by atoms with van der Waals surface area (Å²) in [4.78, 5) is 35.9. The van der Waals surface area contributed by atoms with Crippen LogP contribution in [0, 0.1) is 5.41 Å². The van der Waals surface area contributed by atoms with Gasteiger partial charge in [-0.3, -0.25) is 14.4 Å². The number of carbonyl (C=O) groups excluding carboxylic acids is 2. The summed E-state index contributed by atoms with van der Waals surface area (Å²) < 4.78 is 10.0. The van der Waals surface area contributed by atoms with E-state index < -0.39 is 11.4 Å². The third-order valence-electron chi connectivity index (χ3n) is 3.37. The van der Waals surface area contributed by atoms with Gasteiger partial charge in [0.2, 0.25) is 5.91 Å². The van der Waals surface area contributed by atoms with E-state index in [1.54, 1.807) is 18.7 Å². The first-order valence-electron chi connectivity index (χ1n) is 6.91. The van der Waals surface area contributed by atoms with Crippen molar-refractivity contribution >= 4 is 17.8 Å². The number of esters is 1. The van der Waals surface area contributed by atoms with E-state index in [0.29, 0.717) is 19.7 Å². The summed E-state index contributed by atoms with van der Waals surface area (Å²) in [5.41, 5.74) is -0.598. The molecule has 1 heterocycles. The standard InChI is InChI=1S/C14H23NO6/c1-14(2,8-12(17)18)7-11(16)15-4-5-21-10(9-15)6-13(19)20-3/h10H,4-9H2,1-3H3,(H,17,18). The number of amides is 1. The summed E-state index contributed by atoms with van der Waals surface area (Å²) in [5.74, 6) is -1.40. The molecule has 1 rings (SSSR count). The molecule has 0 aromatic heterocycles. The number of carboxylic acids is 1. The number of methoxy groups -OCH3 is 1. The van der Waals surface area contributed by atoms with E-state index in [2.05, 4.69) is 4.74 Å². The lowest BCUT2D eigenvalue weighted by Crippen LogP contribution is -2.47. The van der Waals surface area contributed by atoms with Gasteiger partial charge in [0.25, 0.3) is 0 Å². The summed E-state index contributed by atoms with van der Waals surface area (Å²) in [6, 6.07) is 0. The van der Waals surface area contributed by atoms with E-state index in [-0.39, 0.29) is 37.2 Å². The number of rotatable bonds is 6. The molecule has 1 unspecified atom stereocenters. The maximum Gasteiger partial charge on any atom is 0.308 e. The molecule has 0 aromatic carbocycles. The number of hydrogen-bond acceptors (Lipinski definition) is 5. The van der Waals surface area contributed by atoms with E-state index in [1.807, 2.05) is 0 Å². The van der Waals surface area contributed by atoms with Crippen LogP contribution in [-0.2, 0) is 23.9 Å². The molecule has 0 spiro atoms. The zero-order valence-electron chi connectivity index (χ0n) is 12.8. The SMILES string of the molecule is COC(=O)CC1CN(C(=O)CC(C)(C)CC(=O)O)CCO1. The Morgan fingerprint density at radius 2 is 2.00 bits per heavy atom. The van der Waals surface area contributed by atoms with Crippen LogP contribution >= 0.6 is 0 Å². The first-order chi connectivity index (χ1) is 9.73. The van der Waals surface area contributed by atoms with E-state index >= 15 is 0 Å². The number of aliphatic carboxylic acids is 1. The molecule has 21 heavy (non-hydrogen) atoms. The fourth-order valence-corrected chi connectivity index (χ4v) is 2.33. The first kappa shape index (κ1) is 17.4. The number of carbonyl (C=O) groups is 3. The second-order valence-electron chi connectivity index (χ2n) is 6.02. The molecular formula is C14H23NO6. The molecular weight excluding hydrogens is 278 g/mol. The maximum atomic E-state index is 12.3. The van der Waals surface area contributed by atoms with Crippen molar-refractivity contribution in [2.45, 2.75) is 39.2 Å². The molecule has 120 valence electrons. The third-order valence-corrected chi connectivity index (χ3v) is 3.37. The fraction of sp³-hybridized carbons (Fsp3) is 0.786. The predicted molar refractivity (Wildman–Crippen MR) is 73.6 cm³/mol. The van der Waals surface area contributed by atoms with Crippen LogP contribution in [0.1, 0.15) is 33.1 Å². The van der Waals surface area contributed by atoms with Gasteiger partial charge < -0.3 is 19.5 Å². The van der Waals surface area contributed by atoms with Gasteiger partial charge in [-0.15, -0.1) is 0 Å². The van der Waals surface area contributed by atoms with Crippen molar-refractivity contribution in [3.05, 3.63) is 0 Å². The lowest BCUT2D eigenvalue weighted by atomic mass is 9.85. The topological polar surface area (TPSA) is 93.1 Å². The minimum atomic E-state index is -0.918. The van der Waals surface area contributed by atoms with E-state index in [4.69, 9.17) is 9.84 Å². The summed E-state index contributed by atoms with van der Waals surface area (Å²) in [6.45, 7) is 4.67. The van der Waals surface area contributed by atoms with Crippen LogP contribution in [-0.4, -0.2) is 60.8 Å². The lowest BCUT2D eigenvalue weighted by molar-refractivity contribution is -0.151. The molecule has 1 aliphatic heterocycles. The Balaban J connectivity index is 2.53. The Hall–Kier alpha value is -1.63. The van der Waals surface area contributed by atoms with Crippen molar-refractivity contribution in [2.24, 2.45) is 5.41 Å². The highest BCUT2D eigenvalue weighted by molar-refractivity contribution is 5.78. The molecule has 1 amide bonds. The van der Waals surface area contributed by atoms with Crippen LogP contribution in [0.25, 0.3) is 0 Å². The second kappa shape index (κ2) is 7.40. The zero-order valence-corrected chi connectivity index (χ0v) is 12.8. The largest absolute Gasteiger partial charge is 0.481 e. The van der Waals surface area contributed by atoms with Gasteiger partial charge in [0.05, 0.1) is 32.7 Å². The van der Waals surface area contributed by atoms with Crippen LogP contribution in [0.5, 0.6) is 0 Å². The monoisotopic (exact) mass is 301 g/mol. The number of morpholine rings is 1. The van der Waals surface area contributed by atoms with Gasteiger partial charge in [-0.2, -0.15) is 0 Å². The molecule has 1 N–H and O–H groups in total. The summed E-state index contributed by atoms with van der Waals surface area (Å²) in [5, 5.41) is 8.84. The van der Waals surface area contributed by atoms with E-state index in [1.165, 1.54) is 7.11 Å². The van der Waals surface area contributed by atoms with Crippen molar-refractivity contribution in [3.8, 4) is 0 Å². The average molecular weight is 301 g/mol. The Morgan fingerprint density at radius 3 is 2.57 bits per heavy atom.